The molecule has 2 aromatic rings. The third-order valence-electron chi connectivity index (χ3n) is 6.45. The Morgan fingerprint density at radius 3 is 2.70 bits per heavy atom. The minimum absolute atomic E-state index is 0.0654. The molecule has 0 saturated carbocycles. The summed E-state index contributed by atoms with van der Waals surface area (Å²) in [6, 6.07) is 11.3. The zero-order chi connectivity index (χ0) is 24.0. The number of benzene rings is 1. The molecule has 176 valence electrons. The smallest absolute Gasteiger partial charge is 0.271 e. The van der Waals surface area contributed by atoms with E-state index in [2.05, 4.69) is 47.5 Å². The molecule has 6 heteroatoms. The van der Waals surface area contributed by atoms with Crippen LogP contribution in [0.15, 0.2) is 64.2 Å². The third kappa shape index (κ3) is 5.96. The highest BCUT2D eigenvalue weighted by molar-refractivity contribution is 7.22. The van der Waals surface area contributed by atoms with Gasteiger partial charge in [-0.2, -0.15) is 9.78 Å². The maximum atomic E-state index is 12.8. The predicted octanol–water partition coefficient (Wildman–Crippen LogP) is 5.54. The first-order chi connectivity index (χ1) is 15.9. The SMILES string of the molecule is CCCNC(CC)C(C(=N)C1=CCC=C(P)C(C)C1)c1ccc(=O)n(-c2ccccc2C)n1. The lowest BCUT2D eigenvalue weighted by Gasteiger charge is -2.29. The molecule has 0 saturated heterocycles. The molecule has 1 aliphatic carbocycles. The normalized spacial score (nSPS) is 18.2. The van der Waals surface area contributed by atoms with E-state index in [0.717, 1.165) is 54.7 Å². The Morgan fingerprint density at radius 2 is 2.00 bits per heavy atom. The van der Waals surface area contributed by atoms with Crippen LogP contribution in [0.5, 0.6) is 0 Å². The predicted molar refractivity (Wildman–Crippen MR) is 142 cm³/mol. The average molecular weight is 465 g/mol. The van der Waals surface area contributed by atoms with Crippen molar-refractivity contribution in [2.75, 3.05) is 6.54 Å². The molecule has 0 fully saturated rings. The van der Waals surface area contributed by atoms with Crippen LogP contribution in [0.1, 0.15) is 63.6 Å². The number of rotatable bonds is 9. The fraction of sp³-hybridized carbons (Fsp3) is 0.444. The summed E-state index contributed by atoms with van der Waals surface area (Å²) in [6.07, 6.45) is 7.98. The Hall–Kier alpha value is -2.36. The van der Waals surface area contributed by atoms with E-state index < -0.39 is 0 Å². The summed E-state index contributed by atoms with van der Waals surface area (Å²) in [5.74, 6) is 0.143. The molecule has 1 aromatic carbocycles. The van der Waals surface area contributed by atoms with E-state index in [1.807, 2.05) is 37.3 Å². The number of hydrogen-bond acceptors (Lipinski definition) is 4. The van der Waals surface area contributed by atoms with Crippen LogP contribution >= 0.6 is 9.24 Å². The molecule has 0 radical (unpaired) electrons. The number of nitrogens with one attached hydrogen (secondary N) is 2. The van der Waals surface area contributed by atoms with Gasteiger partial charge in [0, 0.05) is 17.8 Å². The van der Waals surface area contributed by atoms with Crippen molar-refractivity contribution in [3.63, 3.8) is 0 Å². The van der Waals surface area contributed by atoms with E-state index in [4.69, 9.17) is 5.10 Å². The molecule has 0 spiro atoms. The lowest BCUT2D eigenvalue weighted by molar-refractivity contribution is 0.462. The van der Waals surface area contributed by atoms with E-state index in [1.165, 1.54) is 10.00 Å². The van der Waals surface area contributed by atoms with Crippen molar-refractivity contribution in [2.24, 2.45) is 5.92 Å². The molecule has 1 aliphatic rings. The van der Waals surface area contributed by atoms with Gasteiger partial charge in [0.05, 0.1) is 17.3 Å². The van der Waals surface area contributed by atoms with Gasteiger partial charge >= 0.3 is 0 Å². The number of aromatic nitrogens is 2. The van der Waals surface area contributed by atoms with Crippen molar-refractivity contribution >= 4 is 15.0 Å². The molecule has 0 aliphatic heterocycles. The maximum Gasteiger partial charge on any atom is 0.271 e. The van der Waals surface area contributed by atoms with E-state index in [9.17, 15) is 10.2 Å². The first-order valence-corrected chi connectivity index (χ1v) is 12.6. The van der Waals surface area contributed by atoms with Crippen LogP contribution in [0.3, 0.4) is 0 Å². The number of hydrogen-bond donors (Lipinski definition) is 2. The van der Waals surface area contributed by atoms with Crippen LogP contribution in [-0.4, -0.2) is 28.1 Å². The van der Waals surface area contributed by atoms with Crippen LogP contribution in [0.25, 0.3) is 5.69 Å². The van der Waals surface area contributed by atoms with Crippen LogP contribution in [0.4, 0.5) is 0 Å². The number of aryl methyl sites for hydroxylation is 1. The highest BCUT2D eigenvalue weighted by Crippen LogP contribution is 2.33. The first kappa shape index (κ1) is 25.3. The first-order valence-electron chi connectivity index (χ1n) is 12.0. The zero-order valence-corrected chi connectivity index (χ0v) is 21.4. The number of nitrogens with zero attached hydrogens (tertiary/aromatic N) is 2. The summed E-state index contributed by atoms with van der Waals surface area (Å²) >= 11 is 0. The average Bonchev–Trinajstić information content (AvgIpc) is 2.98. The van der Waals surface area contributed by atoms with Crippen molar-refractivity contribution in [3.8, 4) is 5.69 Å². The van der Waals surface area contributed by atoms with Crippen molar-refractivity contribution < 1.29 is 0 Å². The Balaban J connectivity index is 2.08. The van der Waals surface area contributed by atoms with Gasteiger partial charge in [-0.3, -0.25) is 4.79 Å². The summed E-state index contributed by atoms with van der Waals surface area (Å²) in [4.78, 5) is 12.8. The standard InChI is InChI=1S/C27H37N4OP/c1-5-16-29-21(6-2)26(27(28)20-11-9-13-24(33)19(4)17-20)22-14-15-25(32)31(30-22)23-12-8-7-10-18(23)3/h7-8,10-15,19,21,26,28-29H,5-6,9,16-17,33H2,1-4H3. The molecule has 1 heterocycles. The Bertz CT molecular complexity index is 1100. The van der Waals surface area contributed by atoms with E-state index in [-0.39, 0.29) is 17.5 Å². The van der Waals surface area contributed by atoms with Gasteiger partial charge in [-0.25, -0.2) is 0 Å². The summed E-state index contributed by atoms with van der Waals surface area (Å²) in [6.45, 7) is 9.38. The molecule has 2 N–H and O–H groups in total. The second kappa shape index (κ2) is 11.7. The summed E-state index contributed by atoms with van der Waals surface area (Å²) in [5.41, 5.74) is 4.05. The van der Waals surface area contributed by atoms with Gasteiger partial charge in [0.25, 0.3) is 5.56 Å². The highest BCUT2D eigenvalue weighted by atomic mass is 31.0. The van der Waals surface area contributed by atoms with Gasteiger partial charge in [-0.1, -0.05) is 56.4 Å². The molecule has 5 nitrogen and oxygen atoms in total. The quantitative estimate of drug-likeness (QED) is 0.378. The second-order valence-electron chi connectivity index (χ2n) is 8.93. The fourth-order valence-electron chi connectivity index (χ4n) is 4.44. The molecule has 1 aromatic heterocycles. The Kier molecular flexibility index (Phi) is 8.94. The van der Waals surface area contributed by atoms with Crippen molar-refractivity contribution in [1.29, 1.82) is 5.41 Å². The van der Waals surface area contributed by atoms with Gasteiger partial charge in [-0.05, 0) is 68.3 Å². The molecule has 3 rings (SSSR count). The summed E-state index contributed by atoms with van der Waals surface area (Å²) in [7, 11) is 2.85. The van der Waals surface area contributed by atoms with E-state index in [0.29, 0.717) is 11.6 Å². The minimum Gasteiger partial charge on any atom is -0.313 e. The minimum atomic E-state index is -0.234. The van der Waals surface area contributed by atoms with Gasteiger partial charge in [0.2, 0.25) is 0 Å². The zero-order valence-electron chi connectivity index (χ0n) is 20.3. The lowest BCUT2D eigenvalue weighted by Crippen LogP contribution is -2.40. The van der Waals surface area contributed by atoms with Crippen molar-refractivity contribution in [1.82, 2.24) is 15.1 Å². The van der Waals surface area contributed by atoms with Gasteiger partial charge in [0.15, 0.2) is 0 Å². The van der Waals surface area contributed by atoms with E-state index >= 15 is 0 Å². The fourth-order valence-corrected chi connectivity index (χ4v) is 4.69. The molecular weight excluding hydrogens is 427 g/mol. The molecule has 0 bridgehead atoms. The third-order valence-corrected chi connectivity index (χ3v) is 7.26. The van der Waals surface area contributed by atoms with Crippen LogP contribution < -0.4 is 10.9 Å². The second-order valence-corrected chi connectivity index (χ2v) is 9.60. The molecule has 33 heavy (non-hydrogen) atoms. The summed E-state index contributed by atoms with van der Waals surface area (Å²) in [5, 5.41) is 19.1. The number of para-hydroxylation sites is 1. The lowest BCUT2D eigenvalue weighted by atomic mass is 9.83. The largest absolute Gasteiger partial charge is 0.313 e. The van der Waals surface area contributed by atoms with Crippen molar-refractivity contribution in [3.05, 3.63) is 81.0 Å². The maximum absolute atomic E-state index is 12.8. The topological polar surface area (TPSA) is 70.8 Å². The Labute approximate surface area is 200 Å². The van der Waals surface area contributed by atoms with Gasteiger partial charge < -0.3 is 10.7 Å². The van der Waals surface area contributed by atoms with E-state index in [1.54, 1.807) is 6.07 Å². The Morgan fingerprint density at radius 1 is 1.24 bits per heavy atom. The number of allylic oxidation sites excluding steroid dienone is 4. The molecule has 0 amide bonds. The van der Waals surface area contributed by atoms with Gasteiger partial charge in [0.1, 0.15) is 0 Å². The molecule has 4 atom stereocenters. The molecule has 4 unspecified atom stereocenters. The molecular formula is C27H37N4OP. The highest BCUT2D eigenvalue weighted by Gasteiger charge is 2.30. The van der Waals surface area contributed by atoms with Crippen LogP contribution in [0, 0.1) is 18.3 Å². The van der Waals surface area contributed by atoms with Crippen molar-refractivity contribution in [2.45, 2.75) is 65.3 Å². The summed E-state index contributed by atoms with van der Waals surface area (Å²) < 4.78 is 1.49. The van der Waals surface area contributed by atoms with Crippen LogP contribution in [-0.2, 0) is 0 Å². The van der Waals surface area contributed by atoms with Crippen LogP contribution in [0.2, 0.25) is 0 Å². The monoisotopic (exact) mass is 464 g/mol. The van der Waals surface area contributed by atoms with Gasteiger partial charge in [-0.15, -0.1) is 9.24 Å².